The molecule has 1 aliphatic heterocycles. The highest BCUT2D eigenvalue weighted by atomic mass is 32.2. The van der Waals surface area contributed by atoms with Crippen LogP contribution in [-0.4, -0.2) is 50.4 Å². The molecule has 0 N–H and O–H groups in total. The molecular weight excluding hydrogens is 302 g/mol. The van der Waals surface area contributed by atoms with Gasteiger partial charge in [0.1, 0.15) is 12.4 Å². The summed E-state index contributed by atoms with van der Waals surface area (Å²) in [5.41, 5.74) is 0.457. The van der Waals surface area contributed by atoms with Crippen molar-refractivity contribution in [3.05, 3.63) is 42.5 Å². The predicted octanol–water partition coefficient (Wildman–Crippen LogP) is 1.90. The summed E-state index contributed by atoms with van der Waals surface area (Å²) in [6.07, 6.45) is 4.14. The number of hydrogen-bond acceptors (Lipinski definition) is 4. The van der Waals surface area contributed by atoms with Crippen LogP contribution in [0.4, 0.5) is 0 Å². The third-order valence-electron chi connectivity index (χ3n) is 3.75. The third-order valence-corrected chi connectivity index (χ3v) is 5.34. The second-order valence-corrected chi connectivity index (χ2v) is 7.77. The maximum atomic E-state index is 12.7. The molecule has 1 saturated heterocycles. The minimum absolute atomic E-state index is 0.187. The molecule has 1 atom stereocenters. The summed E-state index contributed by atoms with van der Waals surface area (Å²) < 4.78 is 29.0. The van der Waals surface area contributed by atoms with Crippen LogP contribution >= 0.6 is 0 Å². The topological polar surface area (TPSA) is 63.7 Å². The van der Waals surface area contributed by atoms with Crippen LogP contribution < -0.4 is 4.74 Å². The van der Waals surface area contributed by atoms with Gasteiger partial charge in [0.05, 0.1) is 10.8 Å². The Balaban J connectivity index is 2.19. The predicted molar refractivity (Wildman–Crippen MR) is 85.9 cm³/mol. The molecule has 1 aromatic rings. The van der Waals surface area contributed by atoms with Gasteiger partial charge in [0.2, 0.25) is 0 Å². The van der Waals surface area contributed by atoms with E-state index in [9.17, 15) is 13.2 Å². The standard InChI is InChI=1S/C16H21NO4S/c1-3-11-21-15-9-5-4-8-14(15)16(18)17-10-6-7-13(12-17)22(2,19)20/h3-5,8-9,13H,1,6-7,10-12H2,2H3/t13-/m1/s1. The van der Waals surface area contributed by atoms with E-state index in [0.29, 0.717) is 37.3 Å². The Morgan fingerprint density at radius 2 is 2.18 bits per heavy atom. The van der Waals surface area contributed by atoms with Crippen LogP contribution in [-0.2, 0) is 9.84 Å². The number of benzene rings is 1. The van der Waals surface area contributed by atoms with Crippen LogP contribution in [0, 0.1) is 0 Å². The average molecular weight is 323 g/mol. The molecule has 0 saturated carbocycles. The van der Waals surface area contributed by atoms with Crippen molar-refractivity contribution in [3.63, 3.8) is 0 Å². The fourth-order valence-electron chi connectivity index (χ4n) is 2.56. The zero-order chi connectivity index (χ0) is 16.2. The maximum absolute atomic E-state index is 12.7. The van der Waals surface area contributed by atoms with E-state index in [4.69, 9.17) is 4.74 Å². The molecule has 2 rings (SSSR count). The highest BCUT2D eigenvalue weighted by molar-refractivity contribution is 7.91. The minimum Gasteiger partial charge on any atom is -0.489 e. The number of rotatable bonds is 5. The molecule has 0 spiro atoms. The van der Waals surface area contributed by atoms with Gasteiger partial charge >= 0.3 is 0 Å². The van der Waals surface area contributed by atoms with E-state index in [1.807, 2.05) is 0 Å². The molecule has 5 nitrogen and oxygen atoms in total. The fraction of sp³-hybridized carbons (Fsp3) is 0.438. The molecule has 1 fully saturated rings. The van der Waals surface area contributed by atoms with Crippen LogP contribution in [0.3, 0.4) is 0 Å². The molecule has 6 heteroatoms. The third kappa shape index (κ3) is 3.88. The van der Waals surface area contributed by atoms with Gasteiger partial charge in [0.15, 0.2) is 9.84 Å². The summed E-state index contributed by atoms with van der Waals surface area (Å²) in [6.45, 7) is 4.72. The Hall–Kier alpha value is -1.82. The van der Waals surface area contributed by atoms with Crippen molar-refractivity contribution in [1.29, 1.82) is 0 Å². The Morgan fingerprint density at radius 1 is 1.45 bits per heavy atom. The largest absolute Gasteiger partial charge is 0.489 e. The van der Waals surface area contributed by atoms with Crippen molar-refractivity contribution in [2.75, 3.05) is 26.0 Å². The second kappa shape index (κ2) is 6.96. The Morgan fingerprint density at radius 3 is 2.86 bits per heavy atom. The zero-order valence-corrected chi connectivity index (χ0v) is 13.5. The summed E-state index contributed by atoms with van der Waals surface area (Å²) >= 11 is 0. The lowest BCUT2D eigenvalue weighted by Gasteiger charge is -2.32. The summed E-state index contributed by atoms with van der Waals surface area (Å²) in [5.74, 6) is 0.307. The molecule has 1 aromatic carbocycles. The molecule has 1 amide bonds. The Kier molecular flexibility index (Phi) is 5.24. The van der Waals surface area contributed by atoms with Gasteiger partial charge in [-0.15, -0.1) is 0 Å². The number of carbonyl (C=O) groups excluding carboxylic acids is 1. The number of amides is 1. The maximum Gasteiger partial charge on any atom is 0.257 e. The average Bonchev–Trinajstić information content (AvgIpc) is 2.52. The molecule has 1 heterocycles. The zero-order valence-electron chi connectivity index (χ0n) is 12.7. The van der Waals surface area contributed by atoms with Crippen LogP contribution in [0.2, 0.25) is 0 Å². The van der Waals surface area contributed by atoms with Crippen LogP contribution in [0.1, 0.15) is 23.2 Å². The number of hydrogen-bond donors (Lipinski definition) is 0. The van der Waals surface area contributed by atoms with E-state index in [1.54, 1.807) is 35.2 Å². The number of likely N-dealkylation sites (tertiary alicyclic amines) is 1. The highest BCUT2D eigenvalue weighted by Crippen LogP contribution is 2.23. The van der Waals surface area contributed by atoms with Crippen LogP contribution in [0.25, 0.3) is 0 Å². The molecule has 22 heavy (non-hydrogen) atoms. The van der Waals surface area contributed by atoms with Gasteiger partial charge in [-0.2, -0.15) is 0 Å². The first-order valence-corrected chi connectivity index (χ1v) is 9.20. The molecule has 1 aliphatic rings. The minimum atomic E-state index is -3.14. The molecule has 0 bridgehead atoms. The van der Waals surface area contributed by atoms with Crippen LogP contribution in [0.15, 0.2) is 36.9 Å². The molecule has 120 valence electrons. The Bertz CT molecular complexity index is 654. The van der Waals surface area contributed by atoms with Gasteiger partial charge in [-0.05, 0) is 25.0 Å². The number of para-hydroxylation sites is 1. The summed E-state index contributed by atoms with van der Waals surface area (Å²) in [7, 11) is -3.14. The first-order chi connectivity index (χ1) is 10.4. The SMILES string of the molecule is C=CCOc1ccccc1C(=O)N1CCC[C@@H](S(C)(=O)=O)C1. The summed E-state index contributed by atoms with van der Waals surface area (Å²) in [4.78, 5) is 14.3. The van der Waals surface area contributed by atoms with E-state index < -0.39 is 15.1 Å². The number of piperidine rings is 1. The molecule has 0 radical (unpaired) electrons. The van der Waals surface area contributed by atoms with E-state index in [2.05, 4.69) is 6.58 Å². The highest BCUT2D eigenvalue weighted by Gasteiger charge is 2.31. The normalized spacial score (nSPS) is 18.8. The second-order valence-electron chi connectivity index (χ2n) is 5.44. The van der Waals surface area contributed by atoms with Crippen molar-refractivity contribution in [2.45, 2.75) is 18.1 Å². The van der Waals surface area contributed by atoms with Gasteiger partial charge < -0.3 is 9.64 Å². The smallest absolute Gasteiger partial charge is 0.257 e. The van der Waals surface area contributed by atoms with Crippen LogP contribution in [0.5, 0.6) is 5.75 Å². The first kappa shape index (κ1) is 16.5. The number of nitrogens with zero attached hydrogens (tertiary/aromatic N) is 1. The summed E-state index contributed by atoms with van der Waals surface area (Å²) in [6, 6.07) is 7.00. The number of carbonyl (C=O) groups is 1. The van der Waals surface area contributed by atoms with E-state index >= 15 is 0 Å². The monoisotopic (exact) mass is 323 g/mol. The Labute approximate surface area is 131 Å². The molecule has 0 aliphatic carbocycles. The molecule has 0 unspecified atom stereocenters. The molecule has 0 aromatic heterocycles. The summed E-state index contributed by atoms with van der Waals surface area (Å²) in [5, 5.41) is -0.480. The fourth-order valence-corrected chi connectivity index (χ4v) is 3.61. The van der Waals surface area contributed by atoms with Crippen molar-refractivity contribution < 1.29 is 17.9 Å². The lowest BCUT2D eigenvalue weighted by Crippen LogP contribution is -2.45. The van der Waals surface area contributed by atoms with Gasteiger partial charge in [0, 0.05) is 19.3 Å². The van der Waals surface area contributed by atoms with E-state index in [0.717, 1.165) is 0 Å². The quantitative estimate of drug-likeness (QED) is 0.777. The first-order valence-electron chi connectivity index (χ1n) is 7.24. The number of sulfone groups is 1. The van der Waals surface area contributed by atoms with E-state index in [-0.39, 0.29) is 12.5 Å². The van der Waals surface area contributed by atoms with E-state index in [1.165, 1.54) is 6.26 Å². The van der Waals surface area contributed by atoms with Crippen molar-refractivity contribution >= 4 is 15.7 Å². The van der Waals surface area contributed by atoms with Gasteiger partial charge in [-0.25, -0.2) is 8.42 Å². The van der Waals surface area contributed by atoms with Crippen molar-refractivity contribution in [2.24, 2.45) is 0 Å². The van der Waals surface area contributed by atoms with Crippen molar-refractivity contribution in [1.82, 2.24) is 4.90 Å². The lowest BCUT2D eigenvalue weighted by molar-refractivity contribution is 0.0723. The van der Waals surface area contributed by atoms with Gasteiger partial charge in [-0.3, -0.25) is 4.79 Å². The molecular formula is C16H21NO4S. The van der Waals surface area contributed by atoms with Gasteiger partial charge in [-0.1, -0.05) is 24.8 Å². The van der Waals surface area contributed by atoms with Gasteiger partial charge in [0.25, 0.3) is 5.91 Å². The number of ether oxygens (including phenoxy) is 1. The van der Waals surface area contributed by atoms with Crippen molar-refractivity contribution in [3.8, 4) is 5.75 Å². The lowest BCUT2D eigenvalue weighted by atomic mass is 10.1.